The molecule has 2 aromatic rings. The Hall–Kier alpha value is 0.130. The molecule has 0 unspecified atom stereocenters. The zero-order chi connectivity index (χ0) is 18.0. The van der Waals surface area contributed by atoms with Crippen molar-refractivity contribution in [3.63, 3.8) is 0 Å². The van der Waals surface area contributed by atoms with Crippen molar-refractivity contribution in [1.82, 2.24) is 4.57 Å². The first-order valence-electron chi connectivity index (χ1n) is 7.96. The van der Waals surface area contributed by atoms with Crippen molar-refractivity contribution in [2.24, 2.45) is 11.8 Å². The summed E-state index contributed by atoms with van der Waals surface area (Å²) in [6.07, 6.45) is 0. The maximum atomic E-state index is 6.25. The highest BCUT2D eigenvalue weighted by atomic mass is 79.9. The van der Waals surface area contributed by atoms with Crippen LogP contribution in [0.1, 0.15) is 11.4 Å². The second-order valence-corrected chi connectivity index (χ2v) is 12.3. The van der Waals surface area contributed by atoms with Crippen molar-refractivity contribution in [1.29, 1.82) is 0 Å². The fraction of sp³-hybridized carbons (Fsp3) is 0.412. The van der Waals surface area contributed by atoms with E-state index in [1.807, 2.05) is 12.1 Å². The molecule has 0 amide bonds. The molecule has 2 aliphatic rings. The van der Waals surface area contributed by atoms with Gasteiger partial charge in [0.05, 0.1) is 18.5 Å². The van der Waals surface area contributed by atoms with E-state index in [4.69, 9.17) is 44.1 Å². The number of alkyl halides is 2. The van der Waals surface area contributed by atoms with Gasteiger partial charge in [0.25, 0.3) is 0 Å². The Bertz CT molecular complexity index is 864. The van der Waals surface area contributed by atoms with Gasteiger partial charge in [0, 0.05) is 33.4 Å². The smallest absolute Gasteiger partial charge is 0.221 e. The zero-order valence-corrected chi connectivity index (χ0v) is 18.5. The normalized spacial score (nSPS) is 26.8. The number of halogens is 3. The minimum absolute atomic E-state index is 0.107. The van der Waals surface area contributed by atoms with Crippen LogP contribution in [-0.2, 0) is 20.9 Å². The van der Waals surface area contributed by atoms with E-state index in [1.165, 1.54) is 0 Å². The van der Waals surface area contributed by atoms with Crippen LogP contribution in [-0.4, -0.2) is 22.1 Å². The molecule has 25 heavy (non-hydrogen) atoms. The summed E-state index contributed by atoms with van der Waals surface area (Å²) in [5.41, 5.74) is 3.25. The summed E-state index contributed by atoms with van der Waals surface area (Å²) < 4.78 is 14.7. The molecular formula is C17H17BrCl2NO2PS. The van der Waals surface area contributed by atoms with Crippen LogP contribution in [0.2, 0.25) is 0 Å². The number of rotatable bonds is 2. The van der Waals surface area contributed by atoms with E-state index >= 15 is 0 Å². The summed E-state index contributed by atoms with van der Waals surface area (Å²) in [6.45, 7) is 2.48. The molecule has 1 saturated carbocycles. The van der Waals surface area contributed by atoms with Crippen molar-refractivity contribution in [2.75, 3.05) is 13.2 Å². The molecular weight excluding hydrogens is 464 g/mol. The van der Waals surface area contributed by atoms with Gasteiger partial charge < -0.3 is 13.6 Å². The zero-order valence-electron chi connectivity index (χ0n) is 13.7. The molecule has 1 aromatic heterocycles. The molecule has 134 valence electrons. The van der Waals surface area contributed by atoms with E-state index in [0.717, 1.165) is 26.9 Å². The number of benzene rings is 1. The molecule has 1 aliphatic heterocycles. The lowest BCUT2D eigenvalue weighted by atomic mass is 10.3. The van der Waals surface area contributed by atoms with E-state index in [-0.39, 0.29) is 11.8 Å². The number of hydrogen-bond acceptors (Lipinski definition) is 3. The van der Waals surface area contributed by atoms with Crippen molar-refractivity contribution >= 4 is 62.7 Å². The van der Waals surface area contributed by atoms with Crippen LogP contribution in [0, 0.1) is 25.7 Å². The Morgan fingerprint density at radius 3 is 2.28 bits per heavy atom. The maximum Gasteiger partial charge on any atom is 0.221 e. The average Bonchev–Trinajstić information content (AvgIpc) is 3.03. The standard InChI is InChI=1S/C17H17BrCl2NO2PS/c1-10-7-16(11(2)21(10)13-5-3-12(18)4-6-13)24(25)22-8-14-15(9-23-24)17(14,19)20/h3-7,14-15H,8-9H2,1-2H3/t14-,15-/m1/s1. The predicted octanol–water partition coefficient (Wildman–Crippen LogP) is 5.26. The summed E-state index contributed by atoms with van der Waals surface area (Å²) in [7, 11) is 0. The molecule has 2 heterocycles. The van der Waals surface area contributed by atoms with Gasteiger partial charge >= 0.3 is 0 Å². The molecule has 1 aromatic carbocycles. The van der Waals surface area contributed by atoms with Gasteiger partial charge in [-0.2, -0.15) is 0 Å². The number of fused-ring (bicyclic) bond motifs is 1. The van der Waals surface area contributed by atoms with Crippen molar-refractivity contribution in [3.8, 4) is 5.69 Å². The molecule has 1 aliphatic carbocycles. The van der Waals surface area contributed by atoms with Crippen LogP contribution in [0.3, 0.4) is 0 Å². The van der Waals surface area contributed by atoms with Crippen molar-refractivity contribution in [2.45, 2.75) is 18.2 Å². The lowest BCUT2D eigenvalue weighted by Crippen LogP contribution is -2.15. The van der Waals surface area contributed by atoms with Gasteiger partial charge in [-0.25, -0.2) is 0 Å². The summed E-state index contributed by atoms with van der Waals surface area (Å²) >= 11 is 21.8. The van der Waals surface area contributed by atoms with Gasteiger partial charge in [-0.3, -0.25) is 0 Å². The molecule has 0 bridgehead atoms. The highest BCUT2D eigenvalue weighted by Gasteiger charge is 2.65. The Labute approximate surface area is 170 Å². The summed E-state index contributed by atoms with van der Waals surface area (Å²) in [5, 5.41) is 0.971. The molecule has 2 atom stereocenters. The first kappa shape index (κ1) is 18.5. The number of nitrogens with zero attached hydrogens (tertiary/aromatic N) is 1. The van der Waals surface area contributed by atoms with Crippen LogP contribution in [0.25, 0.3) is 5.69 Å². The molecule has 0 spiro atoms. The molecule has 0 radical (unpaired) electrons. The van der Waals surface area contributed by atoms with Crippen molar-refractivity contribution in [3.05, 3.63) is 46.2 Å². The third-order valence-corrected chi connectivity index (χ3v) is 9.89. The quantitative estimate of drug-likeness (QED) is 0.432. The SMILES string of the molecule is Cc1cc(P2(=S)OC[C@@H]3[C@@H](CO2)C3(Cl)Cl)c(C)n1-c1ccc(Br)cc1. The first-order chi connectivity index (χ1) is 11.7. The van der Waals surface area contributed by atoms with Gasteiger partial charge in [0.2, 0.25) is 6.49 Å². The Morgan fingerprint density at radius 1 is 1.16 bits per heavy atom. The number of hydrogen-bond donors (Lipinski definition) is 0. The van der Waals surface area contributed by atoms with Crippen LogP contribution in [0.5, 0.6) is 0 Å². The van der Waals surface area contributed by atoms with E-state index < -0.39 is 10.8 Å². The van der Waals surface area contributed by atoms with Gasteiger partial charge in [0.15, 0.2) is 0 Å². The lowest BCUT2D eigenvalue weighted by Gasteiger charge is -2.22. The average molecular weight is 481 g/mol. The minimum atomic E-state index is -2.56. The molecule has 3 nitrogen and oxygen atoms in total. The third-order valence-electron chi connectivity index (χ3n) is 5.00. The summed E-state index contributed by atoms with van der Waals surface area (Å²) in [6, 6.07) is 10.3. The van der Waals surface area contributed by atoms with E-state index in [0.29, 0.717) is 13.2 Å². The Kier molecular flexibility index (Phi) is 4.69. The highest BCUT2D eigenvalue weighted by Crippen LogP contribution is 2.65. The summed E-state index contributed by atoms with van der Waals surface area (Å²) in [4.78, 5) is 0. The van der Waals surface area contributed by atoms with E-state index in [9.17, 15) is 0 Å². The van der Waals surface area contributed by atoms with Crippen LogP contribution in [0.15, 0.2) is 34.8 Å². The minimum Gasteiger partial charge on any atom is -0.326 e. The molecule has 4 rings (SSSR count). The lowest BCUT2D eigenvalue weighted by molar-refractivity contribution is 0.274. The Morgan fingerprint density at radius 2 is 1.72 bits per heavy atom. The Balaban J connectivity index is 1.69. The predicted molar refractivity (Wildman–Crippen MR) is 110 cm³/mol. The molecule has 1 saturated heterocycles. The third kappa shape index (κ3) is 3.06. The second kappa shape index (κ2) is 6.34. The van der Waals surface area contributed by atoms with E-state index in [2.05, 4.69) is 52.5 Å². The van der Waals surface area contributed by atoms with Crippen LogP contribution < -0.4 is 5.30 Å². The molecule has 0 N–H and O–H groups in total. The fourth-order valence-electron chi connectivity index (χ4n) is 3.46. The molecule has 2 fully saturated rings. The van der Waals surface area contributed by atoms with Crippen LogP contribution in [0.4, 0.5) is 0 Å². The number of aromatic nitrogens is 1. The van der Waals surface area contributed by atoms with Gasteiger partial charge in [-0.1, -0.05) is 15.9 Å². The van der Waals surface area contributed by atoms with Gasteiger partial charge in [-0.15, -0.1) is 23.2 Å². The largest absolute Gasteiger partial charge is 0.326 e. The highest BCUT2D eigenvalue weighted by molar-refractivity contribution is 9.10. The van der Waals surface area contributed by atoms with Gasteiger partial charge in [0.1, 0.15) is 4.33 Å². The monoisotopic (exact) mass is 479 g/mol. The summed E-state index contributed by atoms with van der Waals surface area (Å²) in [5.74, 6) is 0.214. The van der Waals surface area contributed by atoms with Crippen molar-refractivity contribution < 1.29 is 9.05 Å². The van der Waals surface area contributed by atoms with Crippen LogP contribution >= 0.6 is 45.6 Å². The number of aryl methyl sites for hydroxylation is 1. The maximum absolute atomic E-state index is 6.25. The topological polar surface area (TPSA) is 23.4 Å². The fourth-order valence-corrected chi connectivity index (χ4v) is 7.28. The van der Waals surface area contributed by atoms with Gasteiger partial charge in [-0.05, 0) is 56.0 Å². The molecule has 8 heteroatoms. The first-order valence-corrected chi connectivity index (χ1v) is 12.1. The second-order valence-electron chi connectivity index (χ2n) is 6.54. The van der Waals surface area contributed by atoms with E-state index in [1.54, 1.807) is 0 Å².